The number of carbonyl (C=O) groups is 1. The van der Waals surface area contributed by atoms with Crippen LogP contribution in [0.25, 0.3) is 0 Å². The van der Waals surface area contributed by atoms with Gasteiger partial charge in [-0.3, -0.25) is 4.79 Å². The van der Waals surface area contributed by atoms with Crippen LogP contribution in [0.5, 0.6) is 0 Å². The van der Waals surface area contributed by atoms with Crippen molar-refractivity contribution in [1.82, 2.24) is 0 Å². The summed E-state index contributed by atoms with van der Waals surface area (Å²) in [6.07, 6.45) is 10.5. The third kappa shape index (κ3) is 1.24. The van der Waals surface area contributed by atoms with Crippen molar-refractivity contribution >= 4 is 5.78 Å². The van der Waals surface area contributed by atoms with Crippen LogP contribution in [0.4, 0.5) is 0 Å². The molecule has 0 heterocycles. The van der Waals surface area contributed by atoms with Crippen molar-refractivity contribution in [3.05, 3.63) is 0 Å². The standard InChI is InChI=1S/C13H20O/c14-12-8-7-10-6-5-9-3-1-2-4-11(9)13(10)12/h9-11,13H,1-8H2. The maximum atomic E-state index is 11.9. The maximum Gasteiger partial charge on any atom is 0.136 e. The molecular formula is C13H20O. The molecule has 0 aliphatic heterocycles. The maximum absolute atomic E-state index is 11.9. The van der Waals surface area contributed by atoms with Crippen molar-refractivity contribution in [3.8, 4) is 0 Å². The Morgan fingerprint density at radius 1 is 0.857 bits per heavy atom. The second-order valence-electron chi connectivity index (χ2n) is 5.58. The summed E-state index contributed by atoms with van der Waals surface area (Å²) < 4.78 is 0. The van der Waals surface area contributed by atoms with E-state index in [9.17, 15) is 4.79 Å². The Morgan fingerprint density at radius 3 is 2.57 bits per heavy atom. The normalized spacial score (nSPS) is 47.3. The van der Waals surface area contributed by atoms with Gasteiger partial charge in [0.2, 0.25) is 0 Å². The summed E-state index contributed by atoms with van der Waals surface area (Å²) in [6, 6.07) is 0. The van der Waals surface area contributed by atoms with Gasteiger partial charge in [0.05, 0.1) is 0 Å². The van der Waals surface area contributed by atoms with Gasteiger partial charge < -0.3 is 0 Å². The lowest BCUT2D eigenvalue weighted by molar-refractivity contribution is -0.125. The summed E-state index contributed by atoms with van der Waals surface area (Å²) in [4.78, 5) is 11.9. The molecule has 3 aliphatic carbocycles. The number of hydrogen-bond acceptors (Lipinski definition) is 1. The van der Waals surface area contributed by atoms with Gasteiger partial charge in [0.25, 0.3) is 0 Å². The molecule has 0 amide bonds. The van der Waals surface area contributed by atoms with Crippen molar-refractivity contribution in [2.75, 3.05) is 0 Å². The molecule has 4 unspecified atom stereocenters. The zero-order valence-electron chi connectivity index (χ0n) is 8.87. The van der Waals surface area contributed by atoms with E-state index in [1.807, 2.05) is 0 Å². The fourth-order valence-electron chi connectivity index (χ4n) is 4.34. The van der Waals surface area contributed by atoms with Gasteiger partial charge in [0.15, 0.2) is 0 Å². The van der Waals surface area contributed by atoms with E-state index < -0.39 is 0 Å². The van der Waals surface area contributed by atoms with E-state index in [0.29, 0.717) is 11.7 Å². The Labute approximate surface area is 86.3 Å². The fourth-order valence-corrected chi connectivity index (χ4v) is 4.34. The molecule has 3 aliphatic rings. The minimum Gasteiger partial charge on any atom is -0.299 e. The zero-order valence-corrected chi connectivity index (χ0v) is 8.87. The Kier molecular flexibility index (Phi) is 2.14. The molecule has 78 valence electrons. The molecule has 0 bridgehead atoms. The van der Waals surface area contributed by atoms with E-state index in [-0.39, 0.29) is 0 Å². The molecule has 1 nitrogen and oxygen atoms in total. The summed E-state index contributed by atoms with van der Waals surface area (Å²) in [5, 5.41) is 0. The Balaban J connectivity index is 1.83. The highest BCUT2D eigenvalue weighted by Gasteiger charge is 2.46. The second kappa shape index (κ2) is 3.36. The smallest absolute Gasteiger partial charge is 0.136 e. The highest BCUT2D eigenvalue weighted by molar-refractivity contribution is 5.83. The largest absolute Gasteiger partial charge is 0.299 e. The first-order valence-corrected chi connectivity index (χ1v) is 6.39. The number of rotatable bonds is 0. The number of carbonyl (C=O) groups excluding carboxylic acids is 1. The summed E-state index contributed by atoms with van der Waals surface area (Å²) >= 11 is 0. The van der Waals surface area contributed by atoms with E-state index in [1.54, 1.807) is 0 Å². The molecule has 3 fully saturated rings. The monoisotopic (exact) mass is 192 g/mol. The van der Waals surface area contributed by atoms with Crippen LogP contribution >= 0.6 is 0 Å². The fraction of sp³-hybridized carbons (Fsp3) is 0.923. The summed E-state index contributed by atoms with van der Waals surface area (Å²) in [5.74, 6) is 3.65. The predicted octanol–water partition coefficient (Wildman–Crippen LogP) is 3.18. The molecular weight excluding hydrogens is 172 g/mol. The number of ketones is 1. The number of fused-ring (bicyclic) bond motifs is 3. The van der Waals surface area contributed by atoms with Crippen molar-refractivity contribution in [2.24, 2.45) is 23.7 Å². The topological polar surface area (TPSA) is 17.1 Å². The van der Waals surface area contributed by atoms with Crippen molar-refractivity contribution in [2.45, 2.75) is 51.4 Å². The van der Waals surface area contributed by atoms with E-state index in [0.717, 1.165) is 24.2 Å². The average Bonchev–Trinajstić information content (AvgIpc) is 2.61. The molecule has 0 N–H and O–H groups in total. The predicted molar refractivity (Wildman–Crippen MR) is 55.9 cm³/mol. The molecule has 3 saturated carbocycles. The first-order chi connectivity index (χ1) is 6.86. The lowest BCUT2D eigenvalue weighted by atomic mass is 9.62. The molecule has 0 aromatic rings. The molecule has 4 atom stereocenters. The molecule has 0 aromatic heterocycles. The highest BCUT2D eigenvalue weighted by atomic mass is 16.1. The molecule has 0 saturated heterocycles. The van der Waals surface area contributed by atoms with Gasteiger partial charge in [-0.15, -0.1) is 0 Å². The van der Waals surface area contributed by atoms with Gasteiger partial charge in [-0.1, -0.05) is 19.3 Å². The minimum absolute atomic E-state index is 0.508. The summed E-state index contributed by atoms with van der Waals surface area (Å²) in [5.41, 5.74) is 0. The van der Waals surface area contributed by atoms with Gasteiger partial charge in [-0.2, -0.15) is 0 Å². The number of hydrogen-bond donors (Lipinski definition) is 0. The van der Waals surface area contributed by atoms with Crippen LogP contribution in [-0.4, -0.2) is 5.78 Å². The first-order valence-electron chi connectivity index (χ1n) is 6.39. The van der Waals surface area contributed by atoms with Gasteiger partial charge >= 0.3 is 0 Å². The van der Waals surface area contributed by atoms with Gasteiger partial charge in [-0.05, 0) is 43.4 Å². The molecule has 1 heteroatoms. The first kappa shape index (κ1) is 8.94. The Bertz CT molecular complexity index is 246. The van der Waals surface area contributed by atoms with E-state index >= 15 is 0 Å². The van der Waals surface area contributed by atoms with Crippen LogP contribution in [0.1, 0.15) is 51.4 Å². The van der Waals surface area contributed by atoms with Crippen molar-refractivity contribution < 1.29 is 4.79 Å². The SMILES string of the molecule is O=C1CCC2CCC3CCCCC3C12. The van der Waals surface area contributed by atoms with Crippen molar-refractivity contribution in [1.29, 1.82) is 0 Å². The molecule has 0 spiro atoms. The Morgan fingerprint density at radius 2 is 1.64 bits per heavy atom. The third-order valence-corrected chi connectivity index (χ3v) is 4.98. The molecule has 0 aromatic carbocycles. The lowest BCUT2D eigenvalue weighted by Gasteiger charge is -2.42. The van der Waals surface area contributed by atoms with Crippen LogP contribution < -0.4 is 0 Å². The van der Waals surface area contributed by atoms with Crippen LogP contribution in [-0.2, 0) is 4.79 Å². The summed E-state index contributed by atoms with van der Waals surface area (Å²) in [6.45, 7) is 0. The van der Waals surface area contributed by atoms with Crippen LogP contribution in [0.3, 0.4) is 0 Å². The third-order valence-electron chi connectivity index (χ3n) is 4.98. The van der Waals surface area contributed by atoms with Crippen LogP contribution in [0.15, 0.2) is 0 Å². The van der Waals surface area contributed by atoms with Crippen LogP contribution in [0.2, 0.25) is 0 Å². The van der Waals surface area contributed by atoms with E-state index in [2.05, 4.69) is 0 Å². The average molecular weight is 192 g/mol. The lowest BCUT2D eigenvalue weighted by Crippen LogP contribution is -2.37. The second-order valence-corrected chi connectivity index (χ2v) is 5.58. The number of Topliss-reactive ketones (excluding diaryl/α,β-unsaturated/α-hetero) is 1. The van der Waals surface area contributed by atoms with E-state index in [4.69, 9.17) is 0 Å². The highest BCUT2D eigenvalue weighted by Crippen LogP contribution is 2.51. The van der Waals surface area contributed by atoms with Gasteiger partial charge in [-0.25, -0.2) is 0 Å². The van der Waals surface area contributed by atoms with Crippen LogP contribution in [0, 0.1) is 23.7 Å². The minimum atomic E-state index is 0.508. The zero-order chi connectivity index (χ0) is 9.54. The molecule has 0 radical (unpaired) electrons. The van der Waals surface area contributed by atoms with Gasteiger partial charge in [0, 0.05) is 12.3 Å². The quantitative estimate of drug-likeness (QED) is 0.576. The summed E-state index contributed by atoms with van der Waals surface area (Å²) in [7, 11) is 0. The van der Waals surface area contributed by atoms with E-state index in [1.165, 1.54) is 44.9 Å². The van der Waals surface area contributed by atoms with Crippen molar-refractivity contribution in [3.63, 3.8) is 0 Å². The molecule has 3 rings (SSSR count). The Hall–Kier alpha value is -0.330. The molecule has 14 heavy (non-hydrogen) atoms. The van der Waals surface area contributed by atoms with Gasteiger partial charge in [0.1, 0.15) is 5.78 Å².